The summed E-state index contributed by atoms with van der Waals surface area (Å²) in [6.07, 6.45) is 0. The van der Waals surface area contributed by atoms with Gasteiger partial charge in [-0.25, -0.2) is 13.1 Å². The van der Waals surface area contributed by atoms with Crippen molar-refractivity contribution < 1.29 is 8.42 Å². The largest absolute Gasteiger partial charge is 0.366 e. The van der Waals surface area contributed by atoms with Crippen LogP contribution in [-0.4, -0.2) is 36.5 Å². The molecule has 0 unspecified atom stereocenters. The smallest absolute Gasteiger partial charge is 0.213 e. The second kappa shape index (κ2) is 4.87. The summed E-state index contributed by atoms with van der Waals surface area (Å²) in [5.74, 6) is 0.389. The summed E-state index contributed by atoms with van der Waals surface area (Å²) in [5, 5.41) is 3.03. The Morgan fingerprint density at radius 1 is 1.50 bits per heavy atom. The Kier molecular flexibility index (Phi) is 4.05. The average molecular weight is 257 g/mol. The second-order valence-corrected chi connectivity index (χ2v) is 5.29. The topological polar surface area (TPSA) is 84.0 Å². The molecule has 1 heterocycles. The van der Waals surface area contributed by atoms with Crippen LogP contribution in [0.25, 0.3) is 0 Å². The van der Waals surface area contributed by atoms with Crippen LogP contribution in [0.4, 0.5) is 5.82 Å². The van der Waals surface area contributed by atoms with Crippen molar-refractivity contribution in [2.24, 2.45) is 0 Å². The number of rotatable bonds is 5. The zero-order valence-electron chi connectivity index (χ0n) is 7.32. The fraction of sp³-hybridized carbons (Fsp3) is 0.600. The van der Waals surface area contributed by atoms with Gasteiger partial charge in [-0.1, -0.05) is 11.6 Å². The molecule has 1 rings (SSSR count). The number of halogens is 1. The van der Waals surface area contributed by atoms with Gasteiger partial charge in [0.05, 0.1) is 17.5 Å². The fourth-order valence-electron chi connectivity index (χ4n) is 0.689. The van der Waals surface area contributed by atoms with Gasteiger partial charge in [0.15, 0.2) is 11.0 Å². The van der Waals surface area contributed by atoms with E-state index in [9.17, 15) is 8.42 Å². The molecule has 9 heteroatoms. The van der Waals surface area contributed by atoms with Gasteiger partial charge < -0.3 is 5.32 Å². The molecule has 1 aromatic heterocycles. The Morgan fingerprint density at radius 3 is 2.71 bits per heavy atom. The van der Waals surface area contributed by atoms with Crippen LogP contribution < -0.4 is 10.0 Å². The van der Waals surface area contributed by atoms with E-state index in [0.717, 1.165) is 11.7 Å². The first-order chi connectivity index (χ1) is 6.55. The van der Waals surface area contributed by atoms with E-state index >= 15 is 0 Å². The normalized spacial score (nSPS) is 11.6. The number of nitrogens with one attached hydrogen (secondary N) is 2. The third-order valence-electron chi connectivity index (χ3n) is 1.42. The van der Waals surface area contributed by atoms with Crippen molar-refractivity contribution in [2.45, 2.75) is 0 Å². The van der Waals surface area contributed by atoms with Crippen molar-refractivity contribution >= 4 is 39.2 Å². The number of hydrogen-bond acceptors (Lipinski definition) is 6. The molecule has 80 valence electrons. The first-order valence-electron chi connectivity index (χ1n) is 3.68. The summed E-state index contributed by atoms with van der Waals surface area (Å²) < 4.78 is 31.7. The molecule has 0 aliphatic heterocycles. The van der Waals surface area contributed by atoms with Crippen LogP contribution in [0.1, 0.15) is 0 Å². The maximum atomic E-state index is 11.0. The van der Waals surface area contributed by atoms with Gasteiger partial charge in [-0.15, -0.1) is 0 Å². The van der Waals surface area contributed by atoms with Crippen LogP contribution in [0.3, 0.4) is 0 Å². The molecule has 0 bridgehead atoms. The highest BCUT2D eigenvalue weighted by Gasteiger charge is 2.08. The van der Waals surface area contributed by atoms with E-state index in [1.165, 1.54) is 7.05 Å². The van der Waals surface area contributed by atoms with Gasteiger partial charge in [0.25, 0.3) is 0 Å². The first kappa shape index (κ1) is 11.6. The molecule has 0 amide bonds. The molecule has 0 aliphatic carbocycles. The highest BCUT2D eigenvalue weighted by molar-refractivity contribution is 7.89. The molecule has 0 atom stereocenters. The molecule has 0 fully saturated rings. The first-order valence-corrected chi connectivity index (χ1v) is 6.44. The summed E-state index contributed by atoms with van der Waals surface area (Å²) in [6.45, 7) is 0.244. The van der Waals surface area contributed by atoms with Crippen LogP contribution in [-0.2, 0) is 10.0 Å². The monoisotopic (exact) mass is 256 g/mol. The van der Waals surface area contributed by atoms with Gasteiger partial charge in [0, 0.05) is 6.54 Å². The fourth-order valence-corrected chi connectivity index (χ4v) is 1.95. The van der Waals surface area contributed by atoms with Gasteiger partial charge in [-0.3, -0.25) is 0 Å². The molecule has 0 radical (unpaired) electrons. The maximum Gasteiger partial charge on any atom is 0.213 e. The summed E-state index contributed by atoms with van der Waals surface area (Å²) >= 11 is 6.60. The van der Waals surface area contributed by atoms with Crippen molar-refractivity contribution in [3.05, 3.63) is 5.15 Å². The number of nitrogens with zero attached hydrogens (tertiary/aromatic N) is 2. The summed E-state index contributed by atoms with van der Waals surface area (Å²) in [5.41, 5.74) is 0. The lowest BCUT2D eigenvalue weighted by molar-refractivity contribution is 0.588. The standard InChI is InChI=1S/C5H9ClN4O2S2/c1-7-14(11,12)3-2-8-5-4(6)9-13-10-5/h7H,2-3H2,1H3,(H,8,10). The van der Waals surface area contributed by atoms with Gasteiger partial charge >= 0.3 is 0 Å². The molecule has 2 N–H and O–H groups in total. The quantitative estimate of drug-likeness (QED) is 0.784. The SMILES string of the molecule is CNS(=O)(=O)CCNc1nsnc1Cl. The Balaban J connectivity index is 2.40. The zero-order valence-corrected chi connectivity index (χ0v) is 9.71. The van der Waals surface area contributed by atoms with Crippen LogP contribution in [0.5, 0.6) is 0 Å². The summed E-state index contributed by atoms with van der Waals surface area (Å²) in [7, 11) is -1.82. The van der Waals surface area contributed by atoms with Gasteiger partial charge in [-0.2, -0.15) is 8.75 Å². The molecule has 0 spiro atoms. The lowest BCUT2D eigenvalue weighted by atomic mass is 10.6. The highest BCUT2D eigenvalue weighted by Crippen LogP contribution is 2.16. The van der Waals surface area contributed by atoms with Crippen LogP contribution in [0.15, 0.2) is 0 Å². The van der Waals surface area contributed by atoms with Crippen LogP contribution in [0.2, 0.25) is 5.15 Å². The van der Waals surface area contributed by atoms with Gasteiger partial charge in [-0.05, 0) is 7.05 Å². The van der Waals surface area contributed by atoms with Crippen molar-refractivity contribution in [1.29, 1.82) is 0 Å². The molecule has 0 aromatic carbocycles. The van der Waals surface area contributed by atoms with E-state index in [2.05, 4.69) is 18.8 Å². The summed E-state index contributed by atoms with van der Waals surface area (Å²) in [6, 6.07) is 0. The minimum atomic E-state index is -3.19. The molecule has 0 saturated heterocycles. The van der Waals surface area contributed by atoms with E-state index in [-0.39, 0.29) is 17.5 Å². The Bertz CT molecular complexity index is 390. The average Bonchev–Trinajstić information content (AvgIpc) is 2.52. The minimum absolute atomic E-state index is 0.0304. The third kappa shape index (κ3) is 3.37. The van der Waals surface area contributed by atoms with E-state index < -0.39 is 10.0 Å². The number of hydrogen-bond donors (Lipinski definition) is 2. The van der Waals surface area contributed by atoms with E-state index in [0.29, 0.717) is 5.82 Å². The number of sulfonamides is 1. The molecule has 1 aromatic rings. The lowest BCUT2D eigenvalue weighted by Crippen LogP contribution is -2.26. The Morgan fingerprint density at radius 2 is 2.21 bits per heavy atom. The predicted molar refractivity (Wildman–Crippen MR) is 56.3 cm³/mol. The van der Waals surface area contributed by atoms with Crippen molar-refractivity contribution in [3.63, 3.8) is 0 Å². The van der Waals surface area contributed by atoms with Crippen LogP contribution in [0, 0.1) is 0 Å². The maximum absolute atomic E-state index is 11.0. The Hall–Kier alpha value is -0.440. The molecule has 0 saturated carbocycles. The number of aromatic nitrogens is 2. The zero-order chi connectivity index (χ0) is 10.6. The molecular weight excluding hydrogens is 248 g/mol. The lowest BCUT2D eigenvalue weighted by Gasteiger charge is -2.03. The van der Waals surface area contributed by atoms with E-state index in [1.54, 1.807) is 0 Å². The minimum Gasteiger partial charge on any atom is -0.366 e. The third-order valence-corrected chi connectivity index (χ3v) is 3.68. The predicted octanol–water partition coefficient (Wildman–Crippen LogP) is 0.153. The van der Waals surface area contributed by atoms with Gasteiger partial charge in [0.2, 0.25) is 10.0 Å². The van der Waals surface area contributed by atoms with Gasteiger partial charge in [0.1, 0.15) is 0 Å². The van der Waals surface area contributed by atoms with Crippen molar-refractivity contribution in [3.8, 4) is 0 Å². The molecule has 14 heavy (non-hydrogen) atoms. The van der Waals surface area contributed by atoms with Crippen molar-refractivity contribution in [2.75, 3.05) is 24.7 Å². The number of anilines is 1. The highest BCUT2D eigenvalue weighted by atomic mass is 35.5. The Labute approximate surface area is 91.1 Å². The summed E-state index contributed by atoms with van der Waals surface area (Å²) in [4.78, 5) is 0. The molecular formula is C5H9ClN4O2S2. The van der Waals surface area contributed by atoms with Crippen LogP contribution >= 0.6 is 23.3 Å². The van der Waals surface area contributed by atoms with Crippen molar-refractivity contribution in [1.82, 2.24) is 13.5 Å². The molecule has 0 aliphatic rings. The molecule has 6 nitrogen and oxygen atoms in total. The second-order valence-electron chi connectivity index (χ2n) is 2.35. The van der Waals surface area contributed by atoms with E-state index in [4.69, 9.17) is 11.6 Å². The van der Waals surface area contributed by atoms with E-state index in [1.807, 2.05) is 0 Å².